The number of urea groups is 1. The zero-order valence-corrected chi connectivity index (χ0v) is 12.7. The highest BCUT2D eigenvalue weighted by molar-refractivity contribution is 7.14. The van der Waals surface area contributed by atoms with Gasteiger partial charge in [0.1, 0.15) is 0 Å². The maximum atomic E-state index is 11.8. The van der Waals surface area contributed by atoms with E-state index in [1.807, 2.05) is 19.1 Å². The van der Waals surface area contributed by atoms with Crippen LogP contribution in [0.1, 0.15) is 27.5 Å². The fraction of sp³-hybridized carbons (Fsp3) is 0.200. The number of hydrogen-bond donors (Lipinski definition) is 4. The van der Waals surface area contributed by atoms with Crippen LogP contribution in [0.25, 0.3) is 0 Å². The molecule has 0 radical (unpaired) electrons. The summed E-state index contributed by atoms with van der Waals surface area (Å²) in [4.78, 5) is 24.3. The van der Waals surface area contributed by atoms with E-state index in [9.17, 15) is 9.59 Å². The summed E-state index contributed by atoms with van der Waals surface area (Å²) in [6.45, 7) is 2.17. The highest BCUT2D eigenvalue weighted by atomic mass is 32.1. The van der Waals surface area contributed by atoms with Gasteiger partial charge < -0.3 is 10.6 Å². The van der Waals surface area contributed by atoms with Crippen LogP contribution in [0.2, 0.25) is 0 Å². The second kappa shape index (κ2) is 7.45. The van der Waals surface area contributed by atoms with Crippen molar-refractivity contribution in [1.29, 1.82) is 0 Å². The van der Waals surface area contributed by atoms with Gasteiger partial charge in [-0.2, -0.15) is 0 Å². The Balaban J connectivity index is 1.87. The van der Waals surface area contributed by atoms with Gasteiger partial charge in [-0.25, -0.2) is 10.3 Å². The highest BCUT2D eigenvalue weighted by Gasteiger charge is 2.14. The van der Waals surface area contributed by atoms with E-state index in [4.69, 9.17) is 5.21 Å². The molecule has 114 valence electrons. The van der Waals surface area contributed by atoms with Crippen LogP contribution in [0.5, 0.6) is 0 Å². The van der Waals surface area contributed by atoms with Crippen LogP contribution in [-0.4, -0.2) is 23.7 Å². The second-order valence-corrected chi connectivity index (χ2v) is 5.63. The normalized spacial score (nSPS) is 13.5. The lowest BCUT2D eigenvalue weighted by atomic mass is 10.2. The quantitative estimate of drug-likeness (QED) is 0.380. The third-order valence-corrected chi connectivity index (χ3v) is 4.14. The topological polar surface area (TPSA) is 90.5 Å². The van der Waals surface area contributed by atoms with E-state index >= 15 is 0 Å². The molecule has 1 atom stereocenters. The van der Waals surface area contributed by atoms with Crippen molar-refractivity contribution in [2.45, 2.75) is 13.0 Å². The Kier molecular flexibility index (Phi) is 5.36. The zero-order chi connectivity index (χ0) is 15.9. The molecule has 1 aromatic rings. The molecule has 0 spiro atoms. The molecule has 0 aliphatic heterocycles. The second-order valence-electron chi connectivity index (χ2n) is 4.51. The molecule has 1 unspecified atom stereocenters. The molecular formula is C15H15N3O3S. The number of thiophene rings is 1. The minimum atomic E-state index is -0.566. The molecule has 0 saturated carbocycles. The Hall–Kier alpha value is -2.56. The Morgan fingerprint density at radius 1 is 1.41 bits per heavy atom. The molecule has 3 amide bonds. The Morgan fingerprint density at radius 2 is 2.23 bits per heavy atom. The highest BCUT2D eigenvalue weighted by Crippen LogP contribution is 2.22. The van der Waals surface area contributed by atoms with Crippen LogP contribution in [0.3, 0.4) is 0 Å². The summed E-state index contributed by atoms with van der Waals surface area (Å²) in [6.07, 6.45) is 5.41. The third-order valence-electron chi connectivity index (χ3n) is 2.88. The first kappa shape index (κ1) is 15.8. The van der Waals surface area contributed by atoms with Gasteiger partial charge in [0, 0.05) is 10.5 Å². The Labute approximate surface area is 131 Å². The number of carbonyl (C=O) groups is 2. The molecule has 0 aromatic carbocycles. The predicted octanol–water partition coefficient (Wildman–Crippen LogP) is 2.03. The third kappa shape index (κ3) is 4.22. The maximum absolute atomic E-state index is 11.8. The molecule has 4 N–H and O–H groups in total. The summed E-state index contributed by atoms with van der Waals surface area (Å²) < 4.78 is 0. The van der Waals surface area contributed by atoms with E-state index < -0.39 is 5.91 Å². The maximum Gasteiger partial charge on any atom is 0.315 e. The number of allylic oxidation sites excluding steroid dienone is 2. The van der Waals surface area contributed by atoms with E-state index in [0.29, 0.717) is 11.4 Å². The summed E-state index contributed by atoms with van der Waals surface area (Å²) >= 11 is 1.20. The van der Waals surface area contributed by atoms with Crippen molar-refractivity contribution in [3.63, 3.8) is 0 Å². The predicted molar refractivity (Wildman–Crippen MR) is 82.8 cm³/mol. The van der Waals surface area contributed by atoms with Crippen molar-refractivity contribution in [2.24, 2.45) is 0 Å². The molecule has 2 rings (SSSR count). The molecule has 22 heavy (non-hydrogen) atoms. The molecule has 1 aromatic heterocycles. The van der Waals surface area contributed by atoms with Crippen LogP contribution < -0.4 is 16.1 Å². The standard InChI is InChI=1S/C15H15N3O3S/c1-10(12-7-8-13(22-12)14(19)18-21)17-15(20)16-9-11-5-3-2-4-6-11/h2-3,5,7-8,10,21H,9H2,1H3,(H,18,19)(H2,16,17,20). The van der Waals surface area contributed by atoms with Crippen molar-refractivity contribution >= 4 is 23.3 Å². The van der Waals surface area contributed by atoms with Gasteiger partial charge in [-0.05, 0) is 31.2 Å². The summed E-state index contributed by atoms with van der Waals surface area (Å²) in [7, 11) is 0. The Morgan fingerprint density at radius 3 is 2.91 bits per heavy atom. The monoisotopic (exact) mass is 317 g/mol. The molecule has 0 saturated heterocycles. The minimum Gasteiger partial charge on any atom is -0.333 e. The van der Waals surface area contributed by atoms with Gasteiger partial charge in [-0.15, -0.1) is 11.3 Å². The van der Waals surface area contributed by atoms with E-state index in [2.05, 4.69) is 22.1 Å². The molecule has 7 heteroatoms. The first-order chi connectivity index (χ1) is 10.6. The van der Waals surface area contributed by atoms with E-state index in [1.54, 1.807) is 23.7 Å². The zero-order valence-electron chi connectivity index (χ0n) is 11.8. The van der Waals surface area contributed by atoms with E-state index in [-0.39, 0.29) is 12.1 Å². The van der Waals surface area contributed by atoms with Crippen molar-refractivity contribution in [3.8, 4) is 0 Å². The summed E-state index contributed by atoms with van der Waals surface area (Å²) in [5.41, 5.74) is 8.13. The molecule has 1 aliphatic rings. The van der Waals surface area contributed by atoms with Crippen LogP contribution in [0, 0.1) is 0 Å². The van der Waals surface area contributed by atoms with Crippen LogP contribution in [-0.2, 0) is 0 Å². The number of hydroxylamine groups is 1. The van der Waals surface area contributed by atoms with Crippen molar-refractivity contribution in [2.75, 3.05) is 6.54 Å². The van der Waals surface area contributed by atoms with Gasteiger partial charge in [0.15, 0.2) is 0 Å². The van der Waals surface area contributed by atoms with E-state index in [0.717, 1.165) is 10.5 Å². The summed E-state index contributed by atoms with van der Waals surface area (Å²) in [6, 6.07) is 2.76. The van der Waals surface area contributed by atoms with Crippen molar-refractivity contribution in [1.82, 2.24) is 16.1 Å². The first-order valence-electron chi connectivity index (χ1n) is 6.56. The Bertz CT molecular complexity index is 707. The van der Waals surface area contributed by atoms with Crippen LogP contribution in [0.4, 0.5) is 4.79 Å². The van der Waals surface area contributed by atoms with Crippen molar-refractivity contribution < 1.29 is 14.8 Å². The number of carbonyl (C=O) groups excluding carboxylic acids is 2. The molecule has 0 fully saturated rings. The number of amides is 3. The molecule has 1 aliphatic carbocycles. The van der Waals surface area contributed by atoms with Crippen molar-refractivity contribution in [3.05, 3.63) is 57.2 Å². The summed E-state index contributed by atoms with van der Waals surface area (Å²) in [5, 5.41) is 14.1. The van der Waals surface area contributed by atoms with Gasteiger partial charge in [0.2, 0.25) is 0 Å². The minimum absolute atomic E-state index is 0.253. The van der Waals surface area contributed by atoms with Crippen LogP contribution >= 0.6 is 11.3 Å². The van der Waals surface area contributed by atoms with Gasteiger partial charge in [-0.3, -0.25) is 10.0 Å². The lowest BCUT2D eigenvalue weighted by Crippen LogP contribution is -2.37. The molecular weight excluding hydrogens is 302 g/mol. The number of rotatable bonds is 5. The van der Waals surface area contributed by atoms with Gasteiger partial charge in [0.25, 0.3) is 5.91 Å². The number of hydrogen-bond acceptors (Lipinski definition) is 4. The van der Waals surface area contributed by atoms with E-state index in [1.165, 1.54) is 11.3 Å². The average Bonchev–Trinajstić information content (AvgIpc) is 3.03. The number of nitrogens with one attached hydrogen (secondary N) is 3. The van der Waals surface area contributed by atoms with Gasteiger partial charge >= 0.3 is 6.03 Å². The SMILES string of the molecule is CC(NC(=O)NCC1=C=C=CC=C1)c1ccc(C(=O)NO)s1. The molecule has 6 nitrogen and oxygen atoms in total. The fourth-order valence-corrected chi connectivity index (χ4v) is 2.65. The molecule has 0 bridgehead atoms. The smallest absolute Gasteiger partial charge is 0.315 e. The lowest BCUT2D eigenvalue weighted by molar-refractivity contribution is 0.0711. The van der Waals surface area contributed by atoms with Gasteiger partial charge in [-0.1, -0.05) is 17.5 Å². The summed E-state index contributed by atoms with van der Waals surface area (Å²) in [5.74, 6) is -0.566. The van der Waals surface area contributed by atoms with Gasteiger partial charge in [0.05, 0.1) is 17.5 Å². The molecule has 1 heterocycles. The average molecular weight is 317 g/mol. The first-order valence-corrected chi connectivity index (χ1v) is 7.37. The largest absolute Gasteiger partial charge is 0.333 e. The lowest BCUT2D eigenvalue weighted by Gasteiger charge is -2.13. The fourth-order valence-electron chi connectivity index (χ4n) is 1.75. The van der Waals surface area contributed by atoms with Crippen LogP contribution in [0.15, 0.2) is 47.4 Å².